The molecule has 0 aliphatic heterocycles. The lowest BCUT2D eigenvalue weighted by Gasteiger charge is -2.10. The SMILES string of the molecule is COc1cc(N)cc(COc2cc(Cl)ccc2Cl)c1. The maximum absolute atomic E-state index is 6.02. The summed E-state index contributed by atoms with van der Waals surface area (Å²) in [7, 11) is 1.59. The second kappa shape index (κ2) is 6.04. The van der Waals surface area contributed by atoms with E-state index in [1.54, 1.807) is 31.4 Å². The lowest BCUT2D eigenvalue weighted by Crippen LogP contribution is -1.98. The molecule has 5 heteroatoms. The third kappa shape index (κ3) is 3.69. The van der Waals surface area contributed by atoms with Gasteiger partial charge in [-0.05, 0) is 29.8 Å². The molecule has 0 saturated heterocycles. The maximum Gasteiger partial charge on any atom is 0.139 e. The van der Waals surface area contributed by atoms with Gasteiger partial charge in [-0.1, -0.05) is 23.2 Å². The van der Waals surface area contributed by atoms with Crippen molar-refractivity contribution in [2.75, 3.05) is 12.8 Å². The van der Waals surface area contributed by atoms with Crippen molar-refractivity contribution in [2.45, 2.75) is 6.61 Å². The molecule has 0 aliphatic carbocycles. The first-order chi connectivity index (χ1) is 9.08. The Hall–Kier alpha value is -1.58. The highest BCUT2D eigenvalue weighted by Crippen LogP contribution is 2.29. The molecule has 0 aromatic heterocycles. The van der Waals surface area contributed by atoms with Crippen molar-refractivity contribution in [2.24, 2.45) is 0 Å². The predicted octanol–water partition coefficient (Wildman–Crippen LogP) is 4.16. The van der Waals surface area contributed by atoms with E-state index in [1.807, 2.05) is 12.1 Å². The summed E-state index contributed by atoms with van der Waals surface area (Å²) in [5.74, 6) is 1.23. The highest BCUT2D eigenvalue weighted by molar-refractivity contribution is 6.34. The summed E-state index contributed by atoms with van der Waals surface area (Å²) in [6, 6.07) is 10.5. The lowest BCUT2D eigenvalue weighted by molar-refractivity contribution is 0.305. The zero-order valence-corrected chi connectivity index (χ0v) is 11.8. The van der Waals surface area contributed by atoms with Crippen LogP contribution in [-0.2, 0) is 6.61 Å². The Bertz CT molecular complexity index is 588. The number of nitrogens with two attached hydrogens (primary N) is 1. The Kier molecular flexibility index (Phi) is 4.40. The summed E-state index contributed by atoms with van der Waals surface area (Å²) in [4.78, 5) is 0. The van der Waals surface area contributed by atoms with Crippen molar-refractivity contribution in [3.05, 3.63) is 52.0 Å². The van der Waals surface area contributed by atoms with Gasteiger partial charge in [-0.25, -0.2) is 0 Å². The molecule has 0 radical (unpaired) electrons. The molecule has 0 unspecified atom stereocenters. The number of hydrogen-bond acceptors (Lipinski definition) is 3. The Morgan fingerprint density at radius 2 is 1.89 bits per heavy atom. The van der Waals surface area contributed by atoms with Gasteiger partial charge in [-0.15, -0.1) is 0 Å². The molecule has 0 spiro atoms. The van der Waals surface area contributed by atoms with Crippen LogP contribution in [0.4, 0.5) is 5.69 Å². The molecule has 2 N–H and O–H groups in total. The van der Waals surface area contributed by atoms with E-state index in [-0.39, 0.29) is 0 Å². The second-order valence-corrected chi connectivity index (χ2v) is 4.82. The van der Waals surface area contributed by atoms with Gasteiger partial charge in [-0.2, -0.15) is 0 Å². The smallest absolute Gasteiger partial charge is 0.139 e. The summed E-state index contributed by atoms with van der Waals surface area (Å²) >= 11 is 11.9. The molecule has 0 bridgehead atoms. The number of nitrogen functional groups attached to an aromatic ring is 1. The number of rotatable bonds is 4. The summed E-state index contributed by atoms with van der Waals surface area (Å²) < 4.78 is 10.8. The summed E-state index contributed by atoms with van der Waals surface area (Å²) in [5, 5.41) is 1.09. The molecular weight excluding hydrogens is 285 g/mol. The van der Waals surface area contributed by atoms with Crippen molar-refractivity contribution < 1.29 is 9.47 Å². The average Bonchev–Trinajstić information content (AvgIpc) is 2.39. The van der Waals surface area contributed by atoms with Crippen LogP contribution in [0.25, 0.3) is 0 Å². The van der Waals surface area contributed by atoms with Crippen molar-refractivity contribution in [1.29, 1.82) is 0 Å². The van der Waals surface area contributed by atoms with Gasteiger partial charge in [0.1, 0.15) is 18.1 Å². The maximum atomic E-state index is 6.02. The van der Waals surface area contributed by atoms with E-state index in [0.29, 0.717) is 33.8 Å². The third-order valence-electron chi connectivity index (χ3n) is 2.51. The van der Waals surface area contributed by atoms with Gasteiger partial charge >= 0.3 is 0 Å². The molecule has 0 amide bonds. The zero-order valence-electron chi connectivity index (χ0n) is 10.3. The first-order valence-electron chi connectivity index (χ1n) is 5.60. The van der Waals surface area contributed by atoms with Gasteiger partial charge in [0, 0.05) is 22.8 Å². The molecule has 0 aliphatic rings. The molecule has 0 atom stereocenters. The molecule has 0 heterocycles. The van der Waals surface area contributed by atoms with E-state index < -0.39 is 0 Å². The standard InChI is InChI=1S/C14H13Cl2NO2/c1-18-12-5-9(4-11(17)7-12)8-19-14-6-10(15)2-3-13(14)16/h2-7H,8,17H2,1H3. The minimum atomic E-state index is 0.335. The molecule has 2 rings (SSSR count). The molecule has 0 fully saturated rings. The van der Waals surface area contributed by atoms with Crippen LogP contribution in [0.15, 0.2) is 36.4 Å². The van der Waals surface area contributed by atoms with E-state index in [0.717, 1.165) is 5.56 Å². The van der Waals surface area contributed by atoms with Crippen LogP contribution in [0, 0.1) is 0 Å². The van der Waals surface area contributed by atoms with Crippen LogP contribution < -0.4 is 15.2 Å². The Balaban J connectivity index is 2.14. The first-order valence-corrected chi connectivity index (χ1v) is 6.35. The number of anilines is 1. The fourth-order valence-electron chi connectivity index (χ4n) is 1.64. The molecule has 2 aromatic rings. The van der Waals surface area contributed by atoms with Crippen molar-refractivity contribution in [1.82, 2.24) is 0 Å². The summed E-state index contributed by atoms with van der Waals surface area (Å²) in [6.45, 7) is 0.335. The number of ether oxygens (including phenoxy) is 2. The molecule has 0 saturated carbocycles. The monoisotopic (exact) mass is 297 g/mol. The van der Waals surface area contributed by atoms with Gasteiger partial charge in [0.15, 0.2) is 0 Å². The molecule has 3 nitrogen and oxygen atoms in total. The van der Waals surface area contributed by atoms with Crippen molar-refractivity contribution in [3.8, 4) is 11.5 Å². The highest BCUT2D eigenvalue weighted by Gasteiger charge is 2.05. The van der Waals surface area contributed by atoms with Crippen LogP contribution in [0.5, 0.6) is 11.5 Å². The summed E-state index contributed by atoms with van der Waals surface area (Å²) in [6.07, 6.45) is 0. The van der Waals surface area contributed by atoms with E-state index in [2.05, 4.69) is 0 Å². The van der Waals surface area contributed by atoms with E-state index in [4.69, 9.17) is 38.4 Å². The Morgan fingerprint density at radius 3 is 2.63 bits per heavy atom. The number of halogens is 2. The summed E-state index contributed by atoms with van der Waals surface area (Å²) in [5.41, 5.74) is 7.29. The van der Waals surface area contributed by atoms with Gasteiger partial charge in [0.25, 0.3) is 0 Å². The van der Waals surface area contributed by atoms with Gasteiger partial charge in [0.2, 0.25) is 0 Å². The predicted molar refractivity (Wildman–Crippen MR) is 78.2 cm³/mol. The Labute approximate surface area is 121 Å². The minimum absolute atomic E-state index is 0.335. The number of methoxy groups -OCH3 is 1. The van der Waals surface area contributed by atoms with Gasteiger partial charge in [0.05, 0.1) is 12.1 Å². The second-order valence-electron chi connectivity index (χ2n) is 3.98. The minimum Gasteiger partial charge on any atom is -0.497 e. The largest absolute Gasteiger partial charge is 0.497 e. The van der Waals surface area contributed by atoms with Crippen LogP contribution in [0.2, 0.25) is 10.0 Å². The van der Waals surface area contributed by atoms with E-state index >= 15 is 0 Å². The molecule has 100 valence electrons. The van der Waals surface area contributed by atoms with Crippen LogP contribution in [0.1, 0.15) is 5.56 Å². The quantitative estimate of drug-likeness (QED) is 0.862. The van der Waals surface area contributed by atoms with Crippen LogP contribution in [-0.4, -0.2) is 7.11 Å². The van der Waals surface area contributed by atoms with Crippen molar-refractivity contribution in [3.63, 3.8) is 0 Å². The zero-order chi connectivity index (χ0) is 13.8. The van der Waals surface area contributed by atoms with E-state index in [1.165, 1.54) is 0 Å². The van der Waals surface area contributed by atoms with Gasteiger partial charge < -0.3 is 15.2 Å². The Morgan fingerprint density at radius 1 is 1.11 bits per heavy atom. The average molecular weight is 298 g/mol. The number of benzene rings is 2. The lowest BCUT2D eigenvalue weighted by atomic mass is 10.2. The molecule has 2 aromatic carbocycles. The third-order valence-corrected chi connectivity index (χ3v) is 3.06. The molecule has 19 heavy (non-hydrogen) atoms. The first kappa shape index (κ1) is 13.8. The van der Waals surface area contributed by atoms with Crippen molar-refractivity contribution >= 4 is 28.9 Å². The topological polar surface area (TPSA) is 44.5 Å². The van der Waals surface area contributed by atoms with Crippen LogP contribution in [0.3, 0.4) is 0 Å². The number of hydrogen-bond donors (Lipinski definition) is 1. The fraction of sp³-hybridized carbons (Fsp3) is 0.143. The normalized spacial score (nSPS) is 10.3. The highest BCUT2D eigenvalue weighted by atomic mass is 35.5. The van der Waals surface area contributed by atoms with Gasteiger partial charge in [-0.3, -0.25) is 0 Å². The van der Waals surface area contributed by atoms with Crippen LogP contribution >= 0.6 is 23.2 Å². The van der Waals surface area contributed by atoms with E-state index in [9.17, 15) is 0 Å². The fourth-order valence-corrected chi connectivity index (χ4v) is 1.97. The molecular formula is C14H13Cl2NO2.